The van der Waals surface area contributed by atoms with Gasteiger partial charge in [-0.05, 0) is 66.6 Å². The van der Waals surface area contributed by atoms with E-state index in [9.17, 15) is 4.79 Å². The molecule has 0 radical (unpaired) electrons. The van der Waals surface area contributed by atoms with Gasteiger partial charge in [-0.1, -0.05) is 92.5 Å². The number of rotatable bonds is 7. The number of anilines is 1. The highest BCUT2D eigenvalue weighted by atomic mass is 79.9. The molecular weight excluding hydrogens is 620 g/mol. The van der Waals surface area contributed by atoms with Gasteiger partial charge in [0.25, 0.3) is 0 Å². The van der Waals surface area contributed by atoms with Crippen molar-refractivity contribution in [1.29, 1.82) is 0 Å². The molecular formula is C31H24Br2N4O2. The van der Waals surface area contributed by atoms with Crippen LogP contribution in [0.1, 0.15) is 18.1 Å². The lowest BCUT2D eigenvalue weighted by molar-refractivity contribution is -0.145. The number of aliphatic imine (C=N–C) groups is 1. The van der Waals surface area contributed by atoms with E-state index in [4.69, 9.17) is 19.9 Å². The van der Waals surface area contributed by atoms with E-state index in [1.54, 1.807) is 18.3 Å². The number of ether oxygens (including phenoxy) is 1. The third-order valence-electron chi connectivity index (χ3n) is 6.12. The van der Waals surface area contributed by atoms with Gasteiger partial charge in [-0.15, -0.1) is 0 Å². The molecule has 8 heteroatoms. The van der Waals surface area contributed by atoms with Gasteiger partial charge in [0, 0.05) is 15.2 Å². The maximum Gasteiger partial charge on any atom is 0.330 e. The van der Waals surface area contributed by atoms with Crippen molar-refractivity contribution in [3.05, 3.63) is 129 Å². The number of hydrogen-bond donors (Lipinski definition) is 0. The molecule has 1 heterocycles. The van der Waals surface area contributed by atoms with Gasteiger partial charge in [-0.2, -0.15) is 15.3 Å². The molecule has 0 aliphatic carbocycles. The molecule has 0 bridgehead atoms. The van der Waals surface area contributed by atoms with Gasteiger partial charge in [0.1, 0.15) is 0 Å². The van der Waals surface area contributed by atoms with Crippen molar-refractivity contribution >= 4 is 66.8 Å². The predicted octanol–water partition coefficient (Wildman–Crippen LogP) is 7.79. The minimum Gasteiger partial charge on any atom is -0.465 e. The lowest BCUT2D eigenvalue weighted by atomic mass is 9.73. The highest BCUT2D eigenvalue weighted by molar-refractivity contribution is 9.10. The number of hydrogen-bond acceptors (Lipinski definition) is 6. The Kier molecular flexibility index (Phi) is 8.14. The Morgan fingerprint density at radius 1 is 0.795 bits per heavy atom. The van der Waals surface area contributed by atoms with Gasteiger partial charge in [-0.3, -0.25) is 9.79 Å². The van der Waals surface area contributed by atoms with Crippen molar-refractivity contribution in [2.45, 2.75) is 6.92 Å². The number of hydrazone groups is 2. The normalized spacial score (nSPS) is 14.6. The van der Waals surface area contributed by atoms with E-state index >= 15 is 0 Å². The Morgan fingerprint density at radius 3 is 1.77 bits per heavy atom. The second kappa shape index (κ2) is 11.9. The summed E-state index contributed by atoms with van der Waals surface area (Å²) in [5, 5.41) is 11.5. The van der Waals surface area contributed by atoms with Crippen LogP contribution in [0.25, 0.3) is 0 Å². The summed E-state index contributed by atoms with van der Waals surface area (Å²) >= 11 is 6.96. The molecule has 0 atom stereocenters. The van der Waals surface area contributed by atoms with Crippen molar-refractivity contribution in [3.8, 4) is 0 Å². The van der Waals surface area contributed by atoms with Crippen LogP contribution in [0, 0.1) is 5.41 Å². The van der Waals surface area contributed by atoms with Gasteiger partial charge in [0.05, 0.1) is 29.4 Å². The van der Waals surface area contributed by atoms with Gasteiger partial charge in [-0.25, -0.2) is 0 Å². The summed E-state index contributed by atoms with van der Waals surface area (Å²) in [6, 6.07) is 34.4. The number of benzene rings is 4. The Bertz CT molecular complexity index is 1480. The number of nitrogens with zero attached hydrogens (tertiary/aromatic N) is 4. The van der Waals surface area contributed by atoms with Crippen LogP contribution in [-0.2, 0) is 9.53 Å². The summed E-state index contributed by atoms with van der Waals surface area (Å²) in [6.07, 6.45) is 1.62. The molecule has 39 heavy (non-hydrogen) atoms. The van der Waals surface area contributed by atoms with Crippen LogP contribution < -0.4 is 5.12 Å². The first-order valence-corrected chi connectivity index (χ1v) is 13.9. The summed E-state index contributed by atoms with van der Waals surface area (Å²) in [6.45, 7) is 1.97. The minimum atomic E-state index is -1.53. The highest BCUT2D eigenvalue weighted by Crippen LogP contribution is 2.36. The fourth-order valence-corrected chi connectivity index (χ4v) is 4.77. The van der Waals surface area contributed by atoms with Crippen molar-refractivity contribution in [3.63, 3.8) is 0 Å². The van der Waals surface area contributed by atoms with Crippen molar-refractivity contribution in [2.75, 3.05) is 11.7 Å². The summed E-state index contributed by atoms with van der Waals surface area (Å²) in [7, 11) is 0. The van der Waals surface area contributed by atoms with Crippen molar-refractivity contribution < 1.29 is 9.53 Å². The first-order valence-electron chi connectivity index (χ1n) is 12.3. The maximum atomic E-state index is 14.1. The average molecular weight is 644 g/mol. The predicted molar refractivity (Wildman–Crippen MR) is 164 cm³/mol. The standard InChI is InChI=1S/C31H24Br2N4O2/c1-2-39-30(38)31(21-34-26-17-13-24(32)14-18-26)28(22-9-5-3-6-10-22)35-37(27-19-15-25(33)16-20-27)36-29(31)23-11-7-4-8-12-23/h3-21H,2H2,1H3. The van der Waals surface area contributed by atoms with Crippen LogP contribution in [0.2, 0.25) is 0 Å². The first-order chi connectivity index (χ1) is 19.0. The average Bonchev–Trinajstić information content (AvgIpc) is 2.98. The second-order valence-electron chi connectivity index (χ2n) is 8.66. The Hall–Kier alpha value is -3.88. The molecule has 0 fully saturated rings. The van der Waals surface area contributed by atoms with Crippen molar-refractivity contribution in [1.82, 2.24) is 0 Å². The number of carbonyl (C=O) groups is 1. The van der Waals surface area contributed by atoms with Gasteiger partial charge in [0.15, 0.2) is 5.41 Å². The quantitative estimate of drug-likeness (QED) is 0.152. The van der Waals surface area contributed by atoms with Crippen LogP contribution in [0.15, 0.2) is 133 Å². The fourth-order valence-electron chi connectivity index (χ4n) is 4.25. The first kappa shape index (κ1) is 26.7. The molecule has 0 unspecified atom stereocenters. The van der Waals surface area contributed by atoms with E-state index in [-0.39, 0.29) is 6.61 Å². The van der Waals surface area contributed by atoms with Crippen LogP contribution >= 0.6 is 31.9 Å². The second-order valence-corrected chi connectivity index (χ2v) is 10.5. The third kappa shape index (κ3) is 5.62. The Balaban J connectivity index is 1.81. The summed E-state index contributed by atoms with van der Waals surface area (Å²) in [5.41, 5.74) is 2.30. The SMILES string of the molecule is CCOC(=O)C1(C=Nc2ccc(Br)cc2)C(c2ccccc2)=NN(c2ccc(Br)cc2)N=C1c1ccccc1. The molecule has 1 aliphatic heterocycles. The summed E-state index contributed by atoms with van der Waals surface area (Å²) in [5.74, 6) is -0.508. The van der Waals surface area contributed by atoms with Crippen LogP contribution in [0.3, 0.4) is 0 Å². The molecule has 6 nitrogen and oxygen atoms in total. The molecule has 0 spiro atoms. The Labute approximate surface area is 244 Å². The topological polar surface area (TPSA) is 66.6 Å². The maximum absolute atomic E-state index is 14.1. The van der Waals surface area contributed by atoms with Crippen LogP contribution in [0.5, 0.6) is 0 Å². The molecule has 194 valence electrons. The molecule has 1 aliphatic rings. The number of esters is 1. The lowest BCUT2D eigenvalue weighted by Crippen LogP contribution is -2.53. The van der Waals surface area contributed by atoms with Gasteiger partial charge < -0.3 is 4.74 Å². The van der Waals surface area contributed by atoms with E-state index in [1.165, 1.54) is 0 Å². The number of carbonyl (C=O) groups excluding carboxylic acids is 1. The third-order valence-corrected chi connectivity index (χ3v) is 7.18. The van der Waals surface area contributed by atoms with E-state index in [1.807, 2.05) is 109 Å². The fraction of sp³-hybridized carbons (Fsp3) is 0.0968. The van der Waals surface area contributed by atoms with E-state index in [0.717, 1.165) is 25.8 Å². The number of halogens is 2. The lowest BCUT2D eigenvalue weighted by Gasteiger charge is -2.36. The zero-order chi connectivity index (χ0) is 27.2. The summed E-state index contributed by atoms with van der Waals surface area (Å²) < 4.78 is 7.60. The van der Waals surface area contributed by atoms with Gasteiger partial charge >= 0.3 is 5.97 Å². The monoisotopic (exact) mass is 642 g/mol. The van der Waals surface area contributed by atoms with E-state index in [2.05, 4.69) is 31.9 Å². The van der Waals surface area contributed by atoms with Gasteiger partial charge in [0.2, 0.25) is 0 Å². The van der Waals surface area contributed by atoms with Crippen molar-refractivity contribution in [2.24, 2.45) is 20.6 Å². The zero-order valence-corrected chi connectivity index (χ0v) is 24.2. The Morgan fingerprint density at radius 2 is 1.28 bits per heavy atom. The minimum absolute atomic E-state index is 0.188. The smallest absolute Gasteiger partial charge is 0.330 e. The molecule has 4 aromatic carbocycles. The molecule has 0 saturated heterocycles. The molecule has 0 amide bonds. The molecule has 5 rings (SSSR count). The molecule has 0 aromatic heterocycles. The molecule has 0 saturated carbocycles. The zero-order valence-electron chi connectivity index (χ0n) is 21.0. The highest BCUT2D eigenvalue weighted by Gasteiger charge is 2.52. The largest absolute Gasteiger partial charge is 0.465 e. The van der Waals surface area contributed by atoms with Crippen LogP contribution in [0.4, 0.5) is 11.4 Å². The van der Waals surface area contributed by atoms with E-state index < -0.39 is 11.4 Å². The summed E-state index contributed by atoms with van der Waals surface area (Å²) in [4.78, 5) is 18.9. The molecule has 4 aromatic rings. The molecule has 0 N–H and O–H groups in total. The van der Waals surface area contributed by atoms with Crippen LogP contribution in [-0.4, -0.2) is 30.2 Å². The van der Waals surface area contributed by atoms with E-state index in [0.29, 0.717) is 17.1 Å².